The van der Waals surface area contributed by atoms with Crippen LogP contribution in [-0.4, -0.2) is 112 Å². The van der Waals surface area contributed by atoms with E-state index >= 15 is 0 Å². The predicted molar refractivity (Wildman–Crippen MR) is 93.3 cm³/mol. The van der Waals surface area contributed by atoms with Crippen molar-refractivity contribution in [3.63, 3.8) is 0 Å². The number of carbonyl (C=O) groups excluding carboxylic acids is 2. The number of nitrogens with zero attached hydrogens (tertiary/aromatic N) is 1. The second kappa shape index (κ2) is 10.3. The number of aliphatic hydroxyl groups is 5. The van der Waals surface area contributed by atoms with Gasteiger partial charge in [0.05, 0.1) is 18.8 Å². The first kappa shape index (κ1) is 23.7. The van der Waals surface area contributed by atoms with Gasteiger partial charge in [-0.1, -0.05) is 0 Å². The summed E-state index contributed by atoms with van der Waals surface area (Å²) in [5.41, 5.74) is 0. The first-order valence-corrected chi connectivity index (χ1v) is 8.77. The summed E-state index contributed by atoms with van der Waals surface area (Å²) in [6.07, 6.45) is -6.33. The Morgan fingerprint density at radius 3 is 2.48 bits per heavy atom. The zero-order valence-electron chi connectivity index (χ0n) is 15.8. The number of carbonyl (C=O) groups is 2. The van der Waals surface area contributed by atoms with Gasteiger partial charge in [0, 0.05) is 19.9 Å². The van der Waals surface area contributed by atoms with E-state index in [1.165, 1.54) is 6.92 Å². The Kier molecular flexibility index (Phi) is 9.02. The Balaban J connectivity index is 2.90. The molecule has 6 atom stereocenters. The second-order valence-corrected chi connectivity index (χ2v) is 7.02. The minimum absolute atomic E-state index is 0.250. The fourth-order valence-corrected chi connectivity index (χ4v) is 2.88. The van der Waals surface area contributed by atoms with Gasteiger partial charge in [-0.05, 0) is 27.1 Å². The van der Waals surface area contributed by atoms with E-state index < -0.39 is 61.1 Å². The Morgan fingerprint density at radius 2 is 1.96 bits per heavy atom. The maximum atomic E-state index is 12.4. The third-order valence-corrected chi connectivity index (χ3v) is 4.30. The predicted octanol–water partition coefficient (Wildman–Crippen LogP) is -3.89. The van der Waals surface area contributed by atoms with Crippen molar-refractivity contribution in [2.24, 2.45) is 0 Å². The maximum Gasteiger partial charge on any atom is 0.280 e. The number of nitrogens with one attached hydrogen (secondary N) is 2. The molecule has 0 radical (unpaired) electrons. The van der Waals surface area contributed by atoms with Gasteiger partial charge < -0.3 is 45.8 Å². The Labute approximate surface area is 157 Å². The van der Waals surface area contributed by atoms with Crippen molar-refractivity contribution in [2.75, 3.05) is 33.8 Å². The van der Waals surface area contributed by atoms with Gasteiger partial charge in [-0.15, -0.1) is 0 Å². The van der Waals surface area contributed by atoms with Crippen LogP contribution in [-0.2, 0) is 14.3 Å². The third kappa shape index (κ3) is 6.64. The van der Waals surface area contributed by atoms with Gasteiger partial charge in [0.2, 0.25) is 11.7 Å². The normalized spacial score (nSPS) is 30.6. The quantitative estimate of drug-likeness (QED) is 0.193. The molecular weight excluding hydrogens is 362 g/mol. The van der Waals surface area contributed by atoms with Gasteiger partial charge in [-0.3, -0.25) is 9.59 Å². The van der Waals surface area contributed by atoms with Gasteiger partial charge in [0.25, 0.3) is 5.91 Å². The summed E-state index contributed by atoms with van der Waals surface area (Å²) >= 11 is 0. The molecule has 0 aromatic heterocycles. The number of aliphatic hydroxyl groups excluding tert-OH is 4. The van der Waals surface area contributed by atoms with Crippen LogP contribution in [0.25, 0.3) is 0 Å². The summed E-state index contributed by atoms with van der Waals surface area (Å²) in [4.78, 5) is 25.6. The van der Waals surface area contributed by atoms with Crippen molar-refractivity contribution in [2.45, 2.75) is 56.0 Å². The maximum absolute atomic E-state index is 12.4. The molecule has 0 saturated carbocycles. The Bertz CT molecular complexity index is 506. The highest BCUT2D eigenvalue weighted by molar-refractivity contribution is 5.83. The van der Waals surface area contributed by atoms with Crippen molar-refractivity contribution in [3.8, 4) is 0 Å². The van der Waals surface area contributed by atoms with Crippen LogP contribution >= 0.6 is 0 Å². The lowest BCUT2D eigenvalue weighted by Gasteiger charge is -2.45. The molecule has 11 heteroatoms. The van der Waals surface area contributed by atoms with Crippen molar-refractivity contribution in [3.05, 3.63) is 0 Å². The molecule has 0 spiro atoms. The fraction of sp³-hybridized carbons (Fsp3) is 0.875. The fourth-order valence-electron chi connectivity index (χ4n) is 2.88. The summed E-state index contributed by atoms with van der Waals surface area (Å²) in [6, 6.07) is -1.19. The van der Waals surface area contributed by atoms with Crippen LogP contribution in [0.2, 0.25) is 0 Å². The molecule has 2 amide bonds. The molecule has 1 rings (SSSR count). The lowest BCUT2D eigenvalue weighted by atomic mass is 9.88. The molecule has 1 saturated heterocycles. The summed E-state index contributed by atoms with van der Waals surface area (Å²) in [5.74, 6) is -3.91. The first-order chi connectivity index (χ1) is 12.5. The van der Waals surface area contributed by atoms with Gasteiger partial charge in [-0.2, -0.15) is 0 Å². The highest BCUT2D eigenvalue weighted by atomic mass is 16.6. The molecule has 158 valence electrons. The molecule has 27 heavy (non-hydrogen) atoms. The molecule has 0 aliphatic carbocycles. The molecule has 0 bridgehead atoms. The minimum Gasteiger partial charge on any atom is -0.394 e. The Hall–Kier alpha value is -1.34. The molecule has 11 nitrogen and oxygen atoms in total. The van der Waals surface area contributed by atoms with Gasteiger partial charge in [0.1, 0.15) is 18.3 Å². The average molecular weight is 393 g/mol. The lowest BCUT2D eigenvalue weighted by Crippen LogP contribution is -2.68. The van der Waals surface area contributed by atoms with Crippen LogP contribution in [0.4, 0.5) is 0 Å². The van der Waals surface area contributed by atoms with Crippen LogP contribution in [0.1, 0.15) is 19.8 Å². The highest BCUT2D eigenvalue weighted by Gasteiger charge is 2.53. The number of hydrogen-bond donors (Lipinski definition) is 7. The van der Waals surface area contributed by atoms with Crippen LogP contribution in [0.3, 0.4) is 0 Å². The molecule has 1 aliphatic heterocycles. The van der Waals surface area contributed by atoms with E-state index in [4.69, 9.17) is 9.84 Å². The number of hydrogen-bond acceptors (Lipinski definition) is 9. The van der Waals surface area contributed by atoms with Crippen LogP contribution in [0.5, 0.6) is 0 Å². The molecule has 7 N–H and O–H groups in total. The van der Waals surface area contributed by atoms with Crippen LogP contribution < -0.4 is 10.6 Å². The van der Waals surface area contributed by atoms with Crippen LogP contribution in [0, 0.1) is 0 Å². The molecule has 0 aromatic rings. The van der Waals surface area contributed by atoms with Crippen molar-refractivity contribution >= 4 is 11.8 Å². The zero-order chi connectivity index (χ0) is 20.8. The van der Waals surface area contributed by atoms with E-state index in [1.807, 2.05) is 19.0 Å². The summed E-state index contributed by atoms with van der Waals surface area (Å²) < 4.78 is 5.32. The lowest BCUT2D eigenvalue weighted by molar-refractivity contribution is -0.287. The van der Waals surface area contributed by atoms with E-state index in [1.54, 1.807) is 0 Å². The van der Waals surface area contributed by atoms with Crippen molar-refractivity contribution in [1.82, 2.24) is 15.5 Å². The number of amides is 2. The monoisotopic (exact) mass is 393 g/mol. The van der Waals surface area contributed by atoms with E-state index in [0.717, 1.165) is 0 Å². The van der Waals surface area contributed by atoms with Crippen molar-refractivity contribution < 1.29 is 39.9 Å². The molecule has 1 unspecified atom stereocenters. The van der Waals surface area contributed by atoms with E-state index in [0.29, 0.717) is 13.0 Å². The number of ether oxygens (including phenoxy) is 1. The average Bonchev–Trinajstić information content (AvgIpc) is 2.58. The van der Waals surface area contributed by atoms with Crippen molar-refractivity contribution in [1.29, 1.82) is 0 Å². The third-order valence-electron chi connectivity index (χ3n) is 4.30. The zero-order valence-corrected chi connectivity index (χ0v) is 15.8. The van der Waals surface area contributed by atoms with Gasteiger partial charge in [0.15, 0.2) is 0 Å². The highest BCUT2D eigenvalue weighted by Crippen LogP contribution is 2.30. The summed E-state index contributed by atoms with van der Waals surface area (Å²) in [6.45, 7) is 1.31. The Morgan fingerprint density at radius 1 is 1.33 bits per heavy atom. The molecule has 1 aliphatic rings. The SMILES string of the molecule is CC(=O)N[C@H]1[C@H]([C@H](O)[C@H](O)CO)OC(O)(C(=O)NCCCN(C)C)C[C@@H]1O. The van der Waals surface area contributed by atoms with E-state index in [2.05, 4.69) is 10.6 Å². The minimum atomic E-state index is -2.46. The number of rotatable bonds is 9. The largest absolute Gasteiger partial charge is 0.394 e. The second-order valence-electron chi connectivity index (χ2n) is 7.02. The summed E-state index contributed by atoms with van der Waals surface area (Å²) in [7, 11) is 3.74. The standard InChI is InChI=1S/C16H31N3O8/c1-9(21)18-12-10(22)7-16(26,15(25)17-5-4-6-19(2)3)27-14(12)13(24)11(23)8-20/h10-14,20,22-24,26H,4-8H2,1-3H3,(H,17,25)(H,18,21)/t10-,11+,12+,13+,14+,16?/m0/s1. The molecule has 1 heterocycles. The molecule has 0 aromatic carbocycles. The van der Waals surface area contributed by atoms with Gasteiger partial charge >= 0.3 is 0 Å². The first-order valence-electron chi connectivity index (χ1n) is 8.77. The van der Waals surface area contributed by atoms with Gasteiger partial charge in [-0.25, -0.2) is 0 Å². The smallest absolute Gasteiger partial charge is 0.280 e. The topological polar surface area (TPSA) is 172 Å². The van der Waals surface area contributed by atoms with Crippen LogP contribution in [0.15, 0.2) is 0 Å². The molecular formula is C16H31N3O8. The molecule has 1 fully saturated rings. The summed E-state index contributed by atoms with van der Waals surface area (Å²) in [5, 5.41) is 54.7. The van der Waals surface area contributed by atoms with E-state index in [-0.39, 0.29) is 6.54 Å². The van der Waals surface area contributed by atoms with E-state index in [9.17, 15) is 30.0 Å².